The molecule has 0 atom stereocenters. The second-order valence-corrected chi connectivity index (χ2v) is 6.83. The molecule has 8 heteroatoms. The van der Waals surface area contributed by atoms with E-state index in [1.807, 2.05) is 4.72 Å². The minimum atomic E-state index is -3.93. The molecule has 2 rings (SSSR count). The maximum Gasteiger partial charge on any atom is 0.251 e. The topological polar surface area (TPSA) is 58.2 Å². The molecule has 0 heterocycles. The van der Waals surface area contributed by atoms with Gasteiger partial charge in [0.15, 0.2) is 0 Å². The van der Waals surface area contributed by atoms with Crippen molar-refractivity contribution < 1.29 is 17.2 Å². The molecule has 1 aliphatic carbocycles. The Balaban J connectivity index is 2.12. The fourth-order valence-corrected chi connectivity index (χ4v) is 2.89. The van der Waals surface area contributed by atoms with Crippen molar-refractivity contribution in [1.82, 2.24) is 10.0 Å². The molecule has 0 radical (unpaired) electrons. The van der Waals surface area contributed by atoms with Crippen LogP contribution in [0, 0.1) is 0 Å². The van der Waals surface area contributed by atoms with Gasteiger partial charge in [0.05, 0.1) is 11.4 Å². The van der Waals surface area contributed by atoms with Crippen molar-refractivity contribution in [2.45, 2.75) is 36.7 Å². The van der Waals surface area contributed by atoms with E-state index in [2.05, 4.69) is 5.32 Å². The molecule has 1 saturated carbocycles. The normalized spacial score (nSPS) is 15.8. The number of nitrogens with one attached hydrogen (secondary N) is 2. The van der Waals surface area contributed by atoms with E-state index in [0.29, 0.717) is 23.2 Å². The van der Waals surface area contributed by atoms with E-state index < -0.39 is 23.0 Å². The zero-order chi connectivity index (χ0) is 14.8. The van der Waals surface area contributed by atoms with Gasteiger partial charge >= 0.3 is 0 Å². The highest BCUT2D eigenvalue weighted by Gasteiger charge is 2.21. The van der Waals surface area contributed by atoms with Crippen molar-refractivity contribution in [2.24, 2.45) is 0 Å². The third kappa shape index (κ3) is 4.37. The van der Waals surface area contributed by atoms with E-state index >= 15 is 0 Å². The molecule has 20 heavy (non-hydrogen) atoms. The molecule has 0 saturated heterocycles. The molecule has 0 aromatic heterocycles. The Morgan fingerprint density at radius 3 is 2.65 bits per heavy atom. The van der Waals surface area contributed by atoms with Crippen LogP contribution in [0.25, 0.3) is 0 Å². The first-order valence-electron chi connectivity index (χ1n) is 6.18. The average molecular weight is 325 g/mol. The third-order valence-corrected chi connectivity index (χ3v) is 4.70. The van der Waals surface area contributed by atoms with Crippen molar-refractivity contribution in [3.8, 4) is 0 Å². The molecule has 0 amide bonds. The predicted octanol–water partition coefficient (Wildman–Crippen LogP) is 2.14. The first-order valence-corrected chi connectivity index (χ1v) is 8.04. The van der Waals surface area contributed by atoms with Gasteiger partial charge in [-0.05, 0) is 36.6 Å². The van der Waals surface area contributed by atoms with Gasteiger partial charge in [0.2, 0.25) is 10.0 Å². The van der Waals surface area contributed by atoms with Gasteiger partial charge in [-0.15, -0.1) is 0 Å². The molecule has 0 bridgehead atoms. The second kappa shape index (κ2) is 6.34. The number of halogens is 3. The molecular formula is C12H15ClF2N2O2S. The summed E-state index contributed by atoms with van der Waals surface area (Å²) in [6, 6.07) is 4.63. The zero-order valence-corrected chi connectivity index (χ0v) is 12.1. The summed E-state index contributed by atoms with van der Waals surface area (Å²) in [5.74, 6) is 0. The summed E-state index contributed by atoms with van der Waals surface area (Å²) in [5, 5.41) is 3.67. The Hall–Kier alpha value is -0.760. The van der Waals surface area contributed by atoms with E-state index in [0.717, 1.165) is 12.8 Å². The lowest BCUT2D eigenvalue weighted by molar-refractivity contribution is 0.153. The van der Waals surface area contributed by atoms with Gasteiger partial charge in [-0.1, -0.05) is 11.6 Å². The van der Waals surface area contributed by atoms with Crippen molar-refractivity contribution in [2.75, 3.05) is 6.54 Å². The number of rotatable bonds is 7. The Labute approximate surface area is 121 Å². The predicted molar refractivity (Wildman–Crippen MR) is 72.5 cm³/mol. The second-order valence-electron chi connectivity index (χ2n) is 4.65. The molecular weight excluding hydrogens is 310 g/mol. The first-order chi connectivity index (χ1) is 9.38. The number of alkyl halides is 2. The van der Waals surface area contributed by atoms with Crippen molar-refractivity contribution in [3.63, 3.8) is 0 Å². The van der Waals surface area contributed by atoms with Crippen LogP contribution in [-0.4, -0.2) is 27.4 Å². The molecule has 1 aromatic carbocycles. The quantitative estimate of drug-likeness (QED) is 0.808. The molecule has 0 unspecified atom stereocenters. The molecule has 0 spiro atoms. The summed E-state index contributed by atoms with van der Waals surface area (Å²) in [5.41, 5.74) is 0.637. The highest BCUT2D eigenvalue weighted by Crippen LogP contribution is 2.23. The minimum absolute atomic E-state index is 0.0600. The van der Waals surface area contributed by atoms with Crippen molar-refractivity contribution in [3.05, 3.63) is 28.8 Å². The van der Waals surface area contributed by atoms with Gasteiger partial charge < -0.3 is 5.32 Å². The van der Waals surface area contributed by atoms with Crippen LogP contribution >= 0.6 is 11.6 Å². The third-order valence-electron chi connectivity index (χ3n) is 2.91. The first kappa shape index (κ1) is 15.6. The summed E-state index contributed by atoms with van der Waals surface area (Å²) in [4.78, 5) is -0.0600. The van der Waals surface area contributed by atoms with Crippen LogP contribution in [0.5, 0.6) is 0 Å². The zero-order valence-electron chi connectivity index (χ0n) is 10.6. The molecule has 1 fully saturated rings. The lowest BCUT2D eigenvalue weighted by Gasteiger charge is -2.10. The van der Waals surface area contributed by atoms with Gasteiger partial charge in [-0.2, -0.15) is 0 Å². The van der Waals surface area contributed by atoms with Crippen molar-refractivity contribution in [1.29, 1.82) is 0 Å². The Kier molecular flexibility index (Phi) is 4.95. The lowest BCUT2D eigenvalue weighted by Crippen LogP contribution is -2.28. The summed E-state index contributed by atoms with van der Waals surface area (Å²) in [7, 11) is -3.93. The smallest absolute Gasteiger partial charge is 0.251 e. The molecule has 0 aliphatic heterocycles. The highest BCUT2D eigenvalue weighted by atomic mass is 35.5. The van der Waals surface area contributed by atoms with Crippen LogP contribution in [0.4, 0.5) is 8.78 Å². The summed E-state index contributed by atoms with van der Waals surface area (Å²) < 4.78 is 49.7. The number of sulfonamides is 1. The Morgan fingerprint density at radius 1 is 1.35 bits per heavy atom. The van der Waals surface area contributed by atoms with Gasteiger partial charge in [0.1, 0.15) is 0 Å². The molecule has 4 nitrogen and oxygen atoms in total. The summed E-state index contributed by atoms with van der Waals surface area (Å²) in [6.07, 6.45) is -0.523. The molecule has 1 aromatic rings. The summed E-state index contributed by atoms with van der Waals surface area (Å²) in [6.45, 7) is -0.442. The number of benzene rings is 1. The van der Waals surface area contributed by atoms with Crippen molar-refractivity contribution >= 4 is 21.6 Å². The monoisotopic (exact) mass is 324 g/mol. The van der Waals surface area contributed by atoms with Gasteiger partial charge in [0.25, 0.3) is 6.43 Å². The highest BCUT2D eigenvalue weighted by molar-refractivity contribution is 7.89. The fourth-order valence-electron chi connectivity index (χ4n) is 1.65. The fraction of sp³-hybridized carbons (Fsp3) is 0.500. The Bertz CT molecular complexity index is 577. The maximum absolute atomic E-state index is 12.1. The van der Waals surface area contributed by atoms with E-state index in [9.17, 15) is 17.2 Å². The standard InChI is InChI=1S/C12H15ClF2N2O2S/c13-11-4-3-10(20(18,19)17-7-12(14)15)5-8(11)6-16-9-1-2-9/h3-5,9,12,16-17H,1-2,6-7H2. The van der Waals surface area contributed by atoms with E-state index in [1.165, 1.54) is 18.2 Å². The van der Waals surface area contributed by atoms with Crippen LogP contribution in [-0.2, 0) is 16.6 Å². The molecule has 112 valence electrons. The molecule has 2 N–H and O–H groups in total. The maximum atomic E-state index is 12.1. The van der Waals surface area contributed by atoms with E-state index in [1.54, 1.807) is 0 Å². The SMILES string of the molecule is O=S(=O)(NCC(F)F)c1ccc(Cl)c(CNC2CC2)c1. The van der Waals surface area contributed by atoms with Gasteiger partial charge in [0, 0.05) is 17.6 Å². The number of hydrogen-bond acceptors (Lipinski definition) is 3. The van der Waals surface area contributed by atoms with Crippen LogP contribution in [0.3, 0.4) is 0 Å². The minimum Gasteiger partial charge on any atom is -0.310 e. The van der Waals surface area contributed by atoms with Gasteiger partial charge in [-0.25, -0.2) is 21.9 Å². The van der Waals surface area contributed by atoms with E-state index in [-0.39, 0.29) is 4.90 Å². The molecule has 1 aliphatic rings. The van der Waals surface area contributed by atoms with Crippen LogP contribution < -0.4 is 10.0 Å². The average Bonchev–Trinajstić information content (AvgIpc) is 3.19. The lowest BCUT2D eigenvalue weighted by atomic mass is 10.2. The largest absolute Gasteiger partial charge is 0.310 e. The van der Waals surface area contributed by atoms with Crippen LogP contribution in [0.2, 0.25) is 5.02 Å². The van der Waals surface area contributed by atoms with Crippen LogP contribution in [0.15, 0.2) is 23.1 Å². The summed E-state index contributed by atoms with van der Waals surface area (Å²) >= 11 is 6.00. The Morgan fingerprint density at radius 2 is 2.05 bits per heavy atom. The van der Waals surface area contributed by atoms with E-state index in [4.69, 9.17) is 11.6 Å². The number of hydrogen-bond donors (Lipinski definition) is 2. The van der Waals surface area contributed by atoms with Gasteiger partial charge in [-0.3, -0.25) is 0 Å². The van der Waals surface area contributed by atoms with Crippen LogP contribution in [0.1, 0.15) is 18.4 Å².